The first-order chi connectivity index (χ1) is 7.74. The number of fused-ring (bicyclic) bond motifs is 1. The summed E-state index contributed by atoms with van der Waals surface area (Å²) in [5.41, 5.74) is 6.59. The Morgan fingerprint density at radius 2 is 2.24 bits per heavy atom. The van der Waals surface area contributed by atoms with Crippen molar-refractivity contribution >= 4 is 24.0 Å². The van der Waals surface area contributed by atoms with Crippen molar-refractivity contribution < 1.29 is 9.53 Å². The summed E-state index contributed by atoms with van der Waals surface area (Å²) < 4.78 is 5.48. The Balaban J connectivity index is 0.00000144. The number of para-hydroxylation sites is 2. The van der Waals surface area contributed by atoms with E-state index < -0.39 is 6.04 Å². The molecule has 1 aliphatic heterocycles. The summed E-state index contributed by atoms with van der Waals surface area (Å²) in [7, 11) is 0. The maximum absolute atomic E-state index is 12.0. The molecule has 1 atom stereocenters. The highest BCUT2D eigenvalue weighted by molar-refractivity contribution is 5.98. The number of benzene rings is 1. The van der Waals surface area contributed by atoms with E-state index in [0.717, 1.165) is 11.4 Å². The molecule has 1 aromatic rings. The Kier molecular flexibility index (Phi) is 4.78. The molecule has 1 amide bonds. The van der Waals surface area contributed by atoms with Gasteiger partial charge in [-0.15, -0.1) is 12.4 Å². The van der Waals surface area contributed by atoms with Gasteiger partial charge in [-0.2, -0.15) is 0 Å². The molecule has 1 heterocycles. The van der Waals surface area contributed by atoms with Crippen molar-refractivity contribution in [3.63, 3.8) is 0 Å². The lowest BCUT2D eigenvalue weighted by molar-refractivity contribution is -0.120. The maximum Gasteiger partial charge on any atom is 0.244 e. The molecule has 2 N–H and O–H groups in total. The van der Waals surface area contributed by atoms with Crippen molar-refractivity contribution in [1.82, 2.24) is 0 Å². The minimum atomic E-state index is -0.425. The van der Waals surface area contributed by atoms with Crippen LogP contribution in [0.15, 0.2) is 24.3 Å². The number of ether oxygens (including phenoxy) is 1. The summed E-state index contributed by atoms with van der Waals surface area (Å²) in [4.78, 5) is 13.8. The fourth-order valence-corrected chi connectivity index (χ4v) is 1.77. The lowest BCUT2D eigenvalue weighted by Crippen LogP contribution is -2.46. The zero-order valence-corrected chi connectivity index (χ0v) is 10.6. The Hall–Kier alpha value is -1.26. The predicted octanol–water partition coefficient (Wildman–Crippen LogP) is 1.57. The third kappa shape index (κ3) is 2.70. The van der Waals surface area contributed by atoms with Crippen LogP contribution in [0.3, 0.4) is 0 Å². The van der Waals surface area contributed by atoms with Crippen molar-refractivity contribution in [2.45, 2.75) is 19.4 Å². The molecule has 1 aromatic carbocycles. The van der Waals surface area contributed by atoms with E-state index in [-0.39, 0.29) is 18.3 Å². The molecule has 0 aromatic heterocycles. The highest BCUT2D eigenvalue weighted by Crippen LogP contribution is 2.31. The average molecular weight is 257 g/mol. The van der Waals surface area contributed by atoms with Crippen LogP contribution in [0.1, 0.15) is 13.3 Å². The summed E-state index contributed by atoms with van der Waals surface area (Å²) in [5, 5.41) is 0. The van der Waals surface area contributed by atoms with Crippen molar-refractivity contribution in [2.24, 2.45) is 5.73 Å². The smallest absolute Gasteiger partial charge is 0.244 e. The molecular weight excluding hydrogens is 240 g/mol. The van der Waals surface area contributed by atoms with E-state index in [4.69, 9.17) is 10.5 Å². The standard InChI is InChI=1S/C12H16N2O2.ClH/c1-2-9(13)12(15)14-7-8-16-11-6-4-3-5-10(11)14;/h3-6,9H,2,7-8,13H2,1H3;1H/t9-;/m0./s1. The van der Waals surface area contributed by atoms with Gasteiger partial charge in [0, 0.05) is 0 Å². The lowest BCUT2D eigenvalue weighted by atomic mass is 10.1. The van der Waals surface area contributed by atoms with Crippen LogP contribution in [0.2, 0.25) is 0 Å². The molecule has 94 valence electrons. The first-order valence-electron chi connectivity index (χ1n) is 5.53. The minimum Gasteiger partial charge on any atom is -0.490 e. The first-order valence-corrected chi connectivity index (χ1v) is 5.53. The van der Waals surface area contributed by atoms with Crippen LogP contribution < -0.4 is 15.4 Å². The number of amides is 1. The van der Waals surface area contributed by atoms with Gasteiger partial charge in [-0.3, -0.25) is 4.79 Å². The summed E-state index contributed by atoms with van der Waals surface area (Å²) >= 11 is 0. The number of carbonyl (C=O) groups excluding carboxylic acids is 1. The molecule has 2 rings (SSSR count). The van der Waals surface area contributed by atoms with E-state index in [1.165, 1.54) is 0 Å². The second kappa shape index (κ2) is 5.89. The number of halogens is 1. The van der Waals surface area contributed by atoms with Crippen LogP contribution in [0.4, 0.5) is 5.69 Å². The van der Waals surface area contributed by atoms with E-state index in [1.807, 2.05) is 31.2 Å². The molecule has 0 radical (unpaired) electrons. The first kappa shape index (κ1) is 13.8. The van der Waals surface area contributed by atoms with Crippen LogP contribution in [0, 0.1) is 0 Å². The Labute approximate surface area is 107 Å². The van der Waals surface area contributed by atoms with Crippen molar-refractivity contribution in [3.05, 3.63) is 24.3 Å². The van der Waals surface area contributed by atoms with Gasteiger partial charge in [-0.05, 0) is 18.6 Å². The van der Waals surface area contributed by atoms with E-state index >= 15 is 0 Å². The molecule has 0 spiro atoms. The second-order valence-corrected chi connectivity index (χ2v) is 3.82. The Morgan fingerprint density at radius 3 is 2.94 bits per heavy atom. The molecule has 17 heavy (non-hydrogen) atoms. The van der Waals surface area contributed by atoms with Gasteiger partial charge in [0.1, 0.15) is 12.4 Å². The highest BCUT2D eigenvalue weighted by atomic mass is 35.5. The van der Waals surface area contributed by atoms with E-state index in [2.05, 4.69) is 0 Å². The van der Waals surface area contributed by atoms with Crippen LogP contribution in [-0.4, -0.2) is 25.1 Å². The van der Waals surface area contributed by atoms with Crippen molar-refractivity contribution in [3.8, 4) is 5.75 Å². The highest BCUT2D eigenvalue weighted by Gasteiger charge is 2.26. The molecular formula is C12H17ClN2O2. The van der Waals surface area contributed by atoms with Crippen LogP contribution in [0.25, 0.3) is 0 Å². The van der Waals surface area contributed by atoms with Gasteiger partial charge in [0.05, 0.1) is 18.3 Å². The third-order valence-electron chi connectivity index (χ3n) is 2.75. The fraction of sp³-hybridized carbons (Fsp3) is 0.417. The number of anilines is 1. The van der Waals surface area contributed by atoms with Gasteiger partial charge in [-0.25, -0.2) is 0 Å². The molecule has 0 bridgehead atoms. The Bertz CT molecular complexity index is 398. The van der Waals surface area contributed by atoms with Crippen molar-refractivity contribution in [2.75, 3.05) is 18.1 Å². The third-order valence-corrected chi connectivity index (χ3v) is 2.75. The number of nitrogens with zero attached hydrogens (tertiary/aromatic N) is 1. The Morgan fingerprint density at radius 1 is 1.53 bits per heavy atom. The zero-order chi connectivity index (χ0) is 11.5. The normalized spacial score (nSPS) is 15.3. The van der Waals surface area contributed by atoms with Gasteiger partial charge < -0.3 is 15.4 Å². The molecule has 0 aliphatic carbocycles. The van der Waals surface area contributed by atoms with Gasteiger partial charge in [0.25, 0.3) is 0 Å². The summed E-state index contributed by atoms with van der Waals surface area (Å²) in [6, 6.07) is 7.12. The zero-order valence-electron chi connectivity index (χ0n) is 9.76. The van der Waals surface area contributed by atoms with E-state index in [9.17, 15) is 4.79 Å². The number of hydrogen-bond acceptors (Lipinski definition) is 3. The second-order valence-electron chi connectivity index (χ2n) is 3.82. The van der Waals surface area contributed by atoms with Gasteiger partial charge in [0.2, 0.25) is 5.91 Å². The fourth-order valence-electron chi connectivity index (χ4n) is 1.77. The quantitative estimate of drug-likeness (QED) is 0.874. The molecule has 5 heteroatoms. The summed E-state index contributed by atoms with van der Waals surface area (Å²) in [6.45, 7) is 3.01. The topological polar surface area (TPSA) is 55.6 Å². The monoisotopic (exact) mass is 256 g/mol. The number of nitrogens with two attached hydrogens (primary N) is 1. The summed E-state index contributed by atoms with van der Waals surface area (Å²) in [6.07, 6.45) is 0.651. The average Bonchev–Trinajstić information content (AvgIpc) is 2.36. The molecule has 1 aliphatic rings. The summed E-state index contributed by atoms with van der Waals surface area (Å²) in [5.74, 6) is 0.726. The maximum atomic E-state index is 12.0. The van der Waals surface area contributed by atoms with Gasteiger partial charge in [0.15, 0.2) is 0 Å². The lowest BCUT2D eigenvalue weighted by Gasteiger charge is -2.31. The molecule has 0 unspecified atom stereocenters. The SMILES string of the molecule is CC[C@H](N)C(=O)N1CCOc2ccccc21.Cl. The van der Waals surface area contributed by atoms with E-state index in [0.29, 0.717) is 19.6 Å². The number of hydrogen-bond donors (Lipinski definition) is 1. The molecule has 0 fully saturated rings. The van der Waals surface area contributed by atoms with Crippen LogP contribution in [0.5, 0.6) is 5.75 Å². The number of rotatable bonds is 2. The predicted molar refractivity (Wildman–Crippen MR) is 69.8 cm³/mol. The van der Waals surface area contributed by atoms with Crippen molar-refractivity contribution in [1.29, 1.82) is 0 Å². The molecule has 0 saturated heterocycles. The van der Waals surface area contributed by atoms with Gasteiger partial charge in [-0.1, -0.05) is 19.1 Å². The number of carbonyl (C=O) groups is 1. The minimum absolute atomic E-state index is 0. The van der Waals surface area contributed by atoms with Gasteiger partial charge >= 0.3 is 0 Å². The molecule has 4 nitrogen and oxygen atoms in total. The molecule has 0 saturated carbocycles. The van der Waals surface area contributed by atoms with Crippen LogP contribution >= 0.6 is 12.4 Å². The largest absolute Gasteiger partial charge is 0.490 e. The van der Waals surface area contributed by atoms with E-state index in [1.54, 1.807) is 4.90 Å². The van der Waals surface area contributed by atoms with Crippen LogP contribution in [-0.2, 0) is 4.79 Å².